The van der Waals surface area contributed by atoms with Gasteiger partial charge in [0.05, 0.1) is 7.11 Å². The minimum absolute atomic E-state index is 0.362. The number of fused-ring (bicyclic) bond motifs is 1. The van der Waals surface area contributed by atoms with Crippen molar-refractivity contribution in [3.05, 3.63) is 64.2 Å². The summed E-state index contributed by atoms with van der Waals surface area (Å²) < 4.78 is 5.41. The average molecular weight is 320 g/mol. The molecule has 0 fully saturated rings. The SMILES string of the molecule is COc1cccc(Cl)c1CNC1CSCc2ccccc21. The van der Waals surface area contributed by atoms with Crippen LogP contribution in [-0.2, 0) is 12.3 Å². The first-order valence-corrected chi connectivity index (χ1v) is 8.53. The first-order valence-electron chi connectivity index (χ1n) is 7.00. The van der Waals surface area contributed by atoms with Crippen molar-refractivity contribution in [2.75, 3.05) is 12.9 Å². The van der Waals surface area contributed by atoms with Gasteiger partial charge >= 0.3 is 0 Å². The van der Waals surface area contributed by atoms with Crippen molar-refractivity contribution in [2.45, 2.75) is 18.3 Å². The highest BCUT2D eigenvalue weighted by Gasteiger charge is 2.20. The van der Waals surface area contributed by atoms with Crippen LogP contribution >= 0.6 is 23.4 Å². The zero-order valence-electron chi connectivity index (χ0n) is 11.9. The minimum Gasteiger partial charge on any atom is -0.496 e. The maximum atomic E-state index is 6.30. The lowest BCUT2D eigenvalue weighted by molar-refractivity contribution is 0.406. The molecule has 2 aromatic rings. The number of hydrogen-bond donors (Lipinski definition) is 1. The largest absolute Gasteiger partial charge is 0.496 e. The van der Waals surface area contributed by atoms with Gasteiger partial charge in [-0.25, -0.2) is 0 Å². The molecule has 0 spiro atoms. The third-order valence-electron chi connectivity index (χ3n) is 3.79. The van der Waals surface area contributed by atoms with Crippen molar-refractivity contribution in [2.24, 2.45) is 0 Å². The van der Waals surface area contributed by atoms with Crippen molar-refractivity contribution in [1.29, 1.82) is 0 Å². The van der Waals surface area contributed by atoms with Crippen LogP contribution in [0, 0.1) is 0 Å². The van der Waals surface area contributed by atoms with E-state index < -0.39 is 0 Å². The van der Waals surface area contributed by atoms with Gasteiger partial charge in [0.1, 0.15) is 5.75 Å². The molecular weight excluding hydrogens is 302 g/mol. The molecule has 110 valence electrons. The number of halogens is 1. The molecule has 0 saturated carbocycles. The minimum atomic E-state index is 0.362. The fraction of sp³-hybridized carbons (Fsp3) is 0.294. The zero-order valence-corrected chi connectivity index (χ0v) is 13.5. The van der Waals surface area contributed by atoms with Gasteiger partial charge < -0.3 is 10.1 Å². The molecule has 1 aliphatic rings. The summed E-state index contributed by atoms with van der Waals surface area (Å²) in [6.45, 7) is 0.711. The van der Waals surface area contributed by atoms with E-state index in [-0.39, 0.29) is 0 Å². The van der Waals surface area contributed by atoms with Gasteiger partial charge in [0, 0.05) is 34.7 Å². The maximum absolute atomic E-state index is 6.30. The molecule has 0 bridgehead atoms. The lowest BCUT2D eigenvalue weighted by atomic mass is 10.0. The number of thioether (sulfide) groups is 1. The molecule has 0 saturated heterocycles. The fourth-order valence-electron chi connectivity index (χ4n) is 2.68. The molecule has 1 atom stereocenters. The Balaban J connectivity index is 1.78. The summed E-state index contributed by atoms with van der Waals surface area (Å²) in [5.41, 5.74) is 3.86. The van der Waals surface area contributed by atoms with E-state index in [1.54, 1.807) is 7.11 Å². The molecule has 1 unspecified atom stereocenters. The normalized spacial score (nSPS) is 17.3. The van der Waals surface area contributed by atoms with E-state index in [0.717, 1.165) is 27.8 Å². The second kappa shape index (κ2) is 6.73. The van der Waals surface area contributed by atoms with E-state index >= 15 is 0 Å². The Hall–Kier alpha value is -1.16. The van der Waals surface area contributed by atoms with Crippen LogP contribution < -0.4 is 10.1 Å². The molecule has 21 heavy (non-hydrogen) atoms. The number of benzene rings is 2. The number of ether oxygens (including phenoxy) is 1. The molecule has 0 aliphatic carbocycles. The molecule has 3 rings (SSSR count). The summed E-state index contributed by atoms with van der Waals surface area (Å²) in [7, 11) is 1.68. The Kier molecular flexibility index (Phi) is 4.73. The van der Waals surface area contributed by atoms with Crippen LogP contribution in [0.25, 0.3) is 0 Å². The zero-order chi connectivity index (χ0) is 14.7. The third-order valence-corrected chi connectivity index (χ3v) is 5.23. The smallest absolute Gasteiger partial charge is 0.124 e. The van der Waals surface area contributed by atoms with Crippen LogP contribution in [-0.4, -0.2) is 12.9 Å². The molecule has 0 radical (unpaired) electrons. The predicted molar refractivity (Wildman–Crippen MR) is 90.2 cm³/mol. The van der Waals surface area contributed by atoms with Gasteiger partial charge in [-0.1, -0.05) is 41.9 Å². The molecular formula is C17H18ClNOS. The average Bonchev–Trinajstić information content (AvgIpc) is 2.53. The second-order valence-corrected chi connectivity index (χ2v) is 6.51. The summed E-state index contributed by atoms with van der Waals surface area (Å²) in [6, 6.07) is 14.8. The molecule has 1 aliphatic heterocycles. The van der Waals surface area contributed by atoms with Crippen LogP contribution in [0.4, 0.5) is 0 Å². The first-order chi connectivity index (χ1) is 10.3. The first kappa shape index (κ1) is 14.8. The number of methoxy groups -OCH3 is 1. The van der Waals surface area contributed by atoms with E-state index in [1.807, 2.05) is 30.0 Å². The van der Waals surface area contributed by atoms with Gasteiger partial charge in [0.25, 0.3) is 0 Å². The highest BCUT2D eigenvalue weighted by atomic mass is 35.5. The Morgan fingerprint density at radius 1 is 1.24 bits per heavy atom. The summed E-state index contributed by atoms with van der Waals surface area (Å²) in [4.78, 5) is 0. The molecule has 2 aromatic carbocycles. The Morgan fingerprint density at radius 2 is 2.10 bits per heavy atom. The molecule has 4 heteroatoms. The number of hydrogen-bond acceptors (Lipinski definition) is 3. The van der Waals surface area contributed by atoms with Crippen LogP contribution in [0.15, 0.2) is 42.5 Å². The van der Waals surface area contributed by atoms with Crippen molar-refractivity contribution < 1.29 is 4.74 Å². The Labute approximate surface area is 134 Å². The van der Waals surface area contributed by atoms with Gasteiger partial charge in [0.2, 0.25) is 0 Å². The highest BCUT2D eigenvalue weighted by molar-refractivity contribution is 7.98. The molecule has 0 aromatic heterocycles. The van der Waals surface area contributed by atoms with Crippen molar-refractivity contribution >= 4 is 23.4 Å². The molecule has 1 N–H and O–H groups in total. The quantitative estimate of drug-likeness (QED) is 0.901. The Morgan fingerprint density at radius 3 is 2.95 bits per heavy atom. The van der Waals surface area contributed by atoms with Gasteiger partial charge in [-0.15, -0.1) is 0 Å². The van der Waals surface area contributed by atoms with Crippen molar-refractivity contribution in [1.82, 2.24) is 5.32 Å². The van der Waals surface area contributed by atoms with E-state index in [1.165, 1.54) is 11.1 Å². The Bertz CT molecular complexity index is 632. The lowest BCUT2D eigenvalue weighted by Crippen LogP contribution is -2.26. The summed E-state index contributed by atoms with van der Waals surface area (Å²) >= 11 is 8.27. The maximum Gasteiger partial charge on any atom is 0.124 e. The highest BCUT2D eigenvalue weighted by Crippen LogP contribution is 2.33. The topological polar surface area (TPSA) is 21.3 Å². The predicted octanol–water partition coefficient (Wildman–Crippen LogP) is 4.43. The monoisotopic (exact) mass is 319 g/mol. The molecule has 0 amide bonds. The van der Waals surface area contributed by atoms with Crippen molar-refractivity contribution in [3.63, 3.8) is 0 Å². The number of rotatable bonds is 4. The number of nitrogens with one attached hydrogen (secondary N) is 1. The fourth-order valence-corrected chi connectivity index (χ4v) is 4.04. The second-order valence-electron chi connectivity index (χ2n) is 5.07. The van der Waals surface area contributed by atoms with Gasteiger partial charge in [-0.3, -0.25) is 0 Å². The van der Waals surface area contributed by atoms with Gasteiger partial charge in [-0.2, -0.15) is 11.8 Å². The summed E-state index contributed by atoms with van der Waals surface area (Å²) in [6.07, 6.45) is 0. The van der Waals surface area contributed by atoms with Crippen molar-refractivity contribution in [3.8, 4) is 5.75 Å². The van der Waals surface area contributed by atoms with E-state index in [2.05, 4.69) is 29.6 Å². The lowest BCUT2D eigenvalue weighted by Gasteiger charge is -2.26. The van der Waals surface area contributed by atoms with E-state index in [0.29, 0.717) is 12.6 Å². The molecule has 1 heterocycles. The standard InChI is InChI=1S/C17H18ClNOS/c1-20-17-8-4-7-15(18)14(17)9-19-16-11-21-10-12-5-2-3-6-13(12)16/h2-8,16,19H,9-11H2,1H3. The van der Waals surface area contributed by atoms with Crippen LogP contribution in [0.5, 0.6) is 5.75 Å². The summed E-state index contributed by atoms with van der Waals surface area (Å²) in [5, 5.41) is 4.37. The van der Waals surface area contributed by atoms with Crippen LogP contribution in [0.2, 0.25) is 5.02 Å². The summed E-state index contributed by atoms with van der Waals surface area (Å²) in [5.74, 6) is 3.03. The molecule has 2 nitrogen and oxygen atoms in total. The van der Waals surface area contributed by atoms with Crippen LogP contribution in [0.1, 0.15) is 22.7 Å². The van der Waals surface area contributed by atoms with Gasteiger partial charge in [0.15, 0.2) is 0 Å². The van der Waals surface area contributed by atoms with E-state index in [9.17, 15) is 0 Å². The van der Waals surface area contributed by atoms with Crippen LogP contribution in [0.3, 0.4) is 0 Å². The van der Waals surface area contributed by atoms with Gasteiger partial charge in [-0.05, 0) is 23.3 Å². The third kappa shape index (κ3) is 3.20. The van der Waals surface area contributed by atoms with E-state index in [4.69, 9.17) is 16.3 Å².